The molecule has 0 saturated heterocycles. The number of primary sulfonamides is 1. The van der Waals surface area contributed by atoms with E-state index in [4.69, 9.17) is 16.7 Å². The molecule has 0 spiro atoms. The fourth-order valence-electron chi connectivity index (χ4n) is 2.85. The summed E-state index contributed by atoms with van der Waals surface area (Å²) in [6, 6.07) is 10.6. The van der Waals surface area contributed by atoms with E-state index in [1.807, 2.05) is 26.0 Å². The van der Waals surface area contributed by atoms with Crippen molar-refractivity contribution < 1.29 is 18.0 Å². The molecule has 1 aliphatic rings. The van der Waals surface area contributed by atoms with Gasteiger partial charge in [0, 0.05) is 0 Å². The number of halogens is 1. The number of sulfonamides is 1. The van der Waals surface area contributed by atoms with Crippen molar-refractivity contribution in [2.75, 3.05) is 4.90 Å². The van der Waals surface area contributed by atoms with Gasteiger partial charge in [0.1, 0.15) is 5.03 Å². The second-order valence-electron chi connectivity index (χ2n) is 5.99. The average Bonchev–Trinajstić information content (AvgIpc) is 2.77. The molecule has 0 unspecified atom stereocenters. The zero-order valence-electron chi connectivity index (χ0n) is 14.0. The first kappa shape index (κ1) is 18.3. The van der Waals surface area contributed by atoms with Crippen molar-refractivity contribution in [3.8, 4) is 0 Å². The quantitative estimate of drug-likeness (QED) is 0.814. The van der Waals surface area contributed by atoms with E-state index < -0.39 is 21.8 Å². The molecule has 0 aromatic heterocycles. The molecule has 2 N–H and O–H groups in total. The molecule has 1 heterocycles. The number of nitrogens with zero attached hydrogens (tertiary/aromatic N) is 1. The number of carbonyl (C=O) groups excluding carboxylic acids is 2. The highest BCUT2D eigenvalue weighted by atomic mass is 35.5. The number of hydrogen-bond donors (Lipinski definition) is 1. The fraction of sp³-hybridized carbons (Fsp3) is 0.111. The van der Waals surface area contributed by atoms with E-state index in [-0.39, 0.29) is 21.2 Å². The largest absolute Gasteiger partial charge is 0.277 e. The molecule has 3 rings (SSSR count). The van der Waals surface area contributed by atoms with Crippen LogP contribution >= 0.6 is 11.6 Å². The number of benzene rings is 2. The Labute approximate surface area is 155 Å². The van der Waals surface area contributed by atoms with Gasteiger partial charge in [-0.05, 0) is 49.2 Å². The highest BCUT2D eigenvalue weighted by molar-refractivity contribution is 7.89. The number of rotatable bonds is 3. The van der Waals surface area contributed by atoms with Crippen LogP contribution in [0, 0.1) is 13.8 Å². The first-order chi connectivity index (χ1) is 12.1. The predicted molar refractivity (Wildman–Crippen MR) is 99.0 cm³/mol. The smallest absolute Gasteiger partial charge is 0.268 e. The maximum absolute atomic E-state index is 12.9. The molecule has 0 bridgehead atoms. The third kappa shape index (κ3) is 3.05. The maximum Gasteiger partial charge on any atom is 0.277 e. The molecular weight excluding hydrogens is 376 g/mol. The van der Waals surface area contributed by atoms with Gasteiger partial charge in [-0.15, -0.1) is 0 Å². The molecule has 134 valence electrons. The van der Waals surface area contributed by atoms with Crippen LogP contribution in [0.1, 0.15) is 16.7 Å². The summed E-state index contributed by atoms with van der Waals surface area (Å²) in [6.07, 6.45) is 0. The predicted octanol–water partition coefficient (Wildman–Crippen LogP) is 2.47. The molecule has 2 amide bonds. The number of imide groups is 1. The van der Waals surface area contributed by atoms with E-state index in [9.17, 15) is 18.0 Å². The molecule has 26 heavy (non-hydrogen) atoms. The molecule has 0 aliphatic carbocycles. The van der Waals surface area contributed by atoms with E-state index in [2.05, 4.69) is 0 Å². The third-order valence-corrected chi connectivity index (χ3v) is 5.38. The third-order valence-electron chi connectivity index (χ3n) is 4.10. The van der Waals surface area contributed by atoms with Gasteiger partial charge in [-0.2, -0.15) is 0 Å². The Morgan fingerprint density at radius 1 is 0.962 bits per heavy atom. The molecule has 0 fully saturated rings. The number of nitrogens with two attached hydrogens (primary N) is 1. The van der Waals surface area contributed by atoms with Gasteiger partial charge >= 0.3 is 0 Å². The lowest BCUT2D eigenvalue weighted by Crippen LogP contribution is -2.31. The monoisotopic (exact) mass is 390 g/mol. The Morgan fingerprint density at radius 3 is 2.12 bits per heavy atom. The van der Waals surface area contributed by atoms with Crippen LogP contribution in [-0.4, -0.2) is 20.2 Å². The SMILES string of the molecule is Cc1ccc(C2=C(Cl)C(=O)N(c3ccc(S(N)(=O)=O)cc3)C2=O)c(C)c1. The summed E-state index contributed by atoms with van der Waals surface area (Å²) in [4.78, 5) is 26.2. The Bertz CT molecular complexity index is 1070. The van der Waals surface area contributed by atoms with Crippen molar-refractivity contribution >= 4 is 44.7 Å². The highest BCUT2D eigenvalue weighted by Gasteiger charge is 2.39. The Hall–Kier alpha value is -2.48. The van der Waals surface area contributed by atoms with Gasteiger partial charge in [0.05, 0.1) is 16.2 Å². The molecule has 0 saturated carbocycles. The van der Waals surface area contributed by atoms with Crippen molar-refractivity contribution in [3.05, 3.63) is 64.2 Å². The highest BCUT2D eigenvalue weighted by Crippen LogP contribution is 2.36. The molecule has 1 aliphatic heterocycles. The molecule has 8 heteroatoms. The number of hydrogen-bond acceptors (Lipinski definition) is 4. The summed E-state index contributed by atoms with van der Waals surface area (Å²) in [5, 5.41) is 4.89. The summed E-state index contributed by atoms with van der Waals surface area (Å²) < 4.78 is 22.7. The van der Waals surface area contributed by atoms with E-state index in [0.29, 0.717) is 5.56 Å². The van der Waals surface area contributed by atoms with Gasteiger partial charge in [0.2, 0.25) is 10.0 Å². The molecular formula is C18H15ClN2O4S. The molecule has 0 radical (unpaired) electrons. The van der Waals surface area contributed by atoms with Gasteiger partial charge in [-0.1, -0.05) is 35.4 Å². The van der Waals surface area contributed by atoms with Crippen molar-refractivity contribution in [3.63, 3.8) is 0 Å². The second-order valence-corrected chi connectivity index (χ2v) is 7.93. The van der Waals surface area contributed by atoms with Gasteiger partial charge in [-0.3, -0.25) is 9.59 Å². The summed E-state index contributed by atoms with van der Waals surface area (Å²) in [7, 11) is -3.87. The lowest BCUT2D eigenvalue weighted by atomic mass is 9.99. The van der Waals surface area contributed by atoms with Crippen LogP contribution in [0.3, 0.4) is 0 Å². The molecule has 2 aromatic carbocycles. The second kappa shape index (κ2) is 6.35. The van der Waals surface area contributed by atoms with Crippen LogP contribution in [0.5, 0.6) is 0 Å². The number of anilines is 1. The number of carbonyl (C=O) groups is 2. The lowest BCUT2D eigenvalue weighted by Gasteiger charge is -2.15. The molecule has 0 atom stereocenters. The Morgan fingerprint density at radius 2 is 1.58 bits per heavy atom. The average molecular weight is 391 g/mol. The van der Waals surface area contributed by atoms with Crippen molar-refractivity contribution in [1.29, 1.82) is 0 Å². The standard InChI is InChI=1S/C18H15ClN2O4S/c1-10-3-8-14(11(2)9-10)15-16(19)18(23)21(17(15)22)12-4-6-13(7-5-12)26(20,24)25/h3-9H,1-2H3,(H2,20,24,25). The van der Waals surface area contributed by atoms with Gasteiger partial charge < -0.3 is 0 Å². The summed E-state index contributed by atoms with van der Waals surface area (Å²) in [5.41, 5.74) is 2.78. The topological polar surface area (TPSA) is 97.5 Å². The lowest BCUT2D eigenvalue weighted by molar-refractivity contribution is -0.119. The fourth-order valence-corrected chi connectivity index (χ4v) is 3.63. The minimum atomic E-state index is -3.87. The normalized spacial score (nSPS) is 15.2. The van der Waals surface area contributed by atoms with Gasteiger partial charge in [0.25, 0.3) is 11.8 Å². The van der Waals surface area contributed by atoms with E-state index in [0.717, 1.165) is 16.0 Å². The van der Waals surface area contributed by atoms with Crippen molar-refractivity contribution in [2.24, 2.45) is 5.14 Å². The van der Waals surface area contributed by atoms with Crippen LogP contribution < -0.4 is 10.0 Å². The van der Waals surface area contributed by atoms with Gasteiger partial charge in [0.15, 0.2) is 0 Å². The van der Waals surface area contributed by atoms with Crippen LogP contribution in [0.2, 0.25) is 0 Å². The van der Waals surface area contributed by atoms with Crippen molar-refractivity contribution in [2.45, 2.75) is 18.7 Å². The number of aryl methyl sites for hydroxylation is 2. The van der Waals surface area contributed by atoms with Gasteiger partial charge in [-0.25, -0.2) is 18.5 Å². The first-order valence-electron chi connectivity index (χ1n) is 7.60. The summed E-state index contributed by atoms with van der Waals surface area (Å²) in [6.45, 7) is 3.76. The van der Waals surface area contributed by atoms with E-state index >= 15 is 0 Å². The van der Waals surface area contributed by atoms with Crippen LogP contribution in [-0.2, 0) is 19.6 Å². The minimum Gasteiger partial charge on any atom is -0.268 e. The van der Waals surface area contributed by atoms with E-state index in [1.54, 1.807) is 6.07 Å². The summed E-state index contributed by atoms with van der Waals surface area (Å²) >= 11 is 6.17. The maximum atomic E-state index is 12.9. The Kier molecular flexibility index (Phi) is 4.47. The first-order valence-corrected chi connectivity index (χ1v) is 9.52. The van der Waals surface area contributed by atoms with E-state index in [1.165, 1.54) is 24.3 Å². The number of amides is 2. The minimum absolute atomic E-state index is 0.117. The zero-order valence-corrected chi connectivity index (χ0v) is 15.6. The van der Waals surface area contributed by atoms with Crippen LogP contribution in [0.25, 0.3) is 5.57 Å². The summed E-state index contributed by atoms with van der Waals surface area (Å²) in [5.74, 6) is -1.22. The van der Waals surface area contributed by atoms with Crippen molar-refractivity contribution in [1.82, 2.24) is 0 Å². The zero-order chi connectivity index (χ0) is 19.2. The Balaban J connectivity index is 2.03. The molecule has 6 nitrogen and oxygen atoms in total. The van der Waals surface area contributed by atoms with Crippen LogP contribution in [0.15, 0.2) is 52.4 Å². The van der Waals surface area contributed by atoms with Crippen LogP contribution in [0.4, 0.5) is 5.69 Å². The molecule has 2 aromatic rings.